The number of likely N-dealkylation sites (tertiary alicyclic amines) is 1. The van der Waals surface area contributed by atoms with E-state index < -0.39 is 11.6 Å². The Balaban J connectivity index is 1.14. The van der Waals surface area contributed by atoms with Gasteiger partial charge in [-0.15, -0.1) is 0 Å². The Kier molecular flexibility index (Phi) is 5.76. The van der Waals surface area contributed by atoms with Crippen LogP contribution in [0.4, 0.5) is 11.4 Å². The highest BCUT2D eigenvalue weighted by molar-refractivity contribution is 6.04. The van der Waals surface area contributed by atoms with E-state index >= 15 is 0 Å². The van der Waals surface area contributed by atoms with Crippen molar-refractivity contribution in [1.29, 1.82) is 0 Å². The molecule has 1 atom stereocenters. The number of benzene rings is 2. The minimum absolute atomic E-state index is 0.0294. The third-order valence-electron chi connectivity index (χ3n) is 8.57. The zero-order valence-electron chi connectivity index (χ0n) is 21.9. The Morgan fingerprint density at radius 1 is 0.900 bits per heavy atom. The van der Waals surface area contributed by atoms with E-state index in [0.29, 0.717) is 56.8 Å². The van der Waals surface area contributed by atoms with Gasteiger partial charge in [-0.3, -0.25) is 19.5 Å². The molecule has 3 fully saturated rings. The van der Waals surface area contributed by atoms with E-state index in [1.54, 1.807) is 33.2 Å². The molecule has 0 saturated carbocycles. The number of rotatable bonds is 4. The van der Waals surface area contributed by atoms with Crippen LogP contribution in [0.25, 0.3) is 11.0 Å². The number of hydrogen-bond acceptors (Lipinski definition) is 6. The summed E-state index contributed by atoms with van der Waals surface area (Å²) in [6, 6.07) is 20.8. The van der Waals surface area contributed by atoms with E-state index in [1.165, 1.54) is 0 Å². The van der Waals surface area contributed by atoms with Crippen LogP contribution in [0.1, 0.15) is 29.6 Å². The minimum atomic E-state index is -0.814. The number of nitrogens with zero attached hydrogens (tertiary/aromatic N) is 6. The first-order valence-electron chi connectivity index (χ1n) is 13.6. The predicted molar refractivity (Wildman–Crippen MR) is 150 cm³/mol. The van der Waals surface area contributed by atoms with Crippen molar-refractivity contribution in [2.24, 2.45) is 0 Å². The Morgan fingerprint density at radius 2 is 1.60 bits per heavy atom. The number of anilines is 2. The normalized spacial score (nSPS) is 20.8. The number of para-hydroxylation sites is 2. The fourth-order valence-corrected chi connectivity index (χ4v) is 6.43. The maximum atomic E-state index is 14.3. The van der Waals surface area contributed by atoms with Gasteiger partial charge < -0.3 is 19.6 Å². The minimum Gasteiger partial charge on any atom is -0.339 e. The summed E-state index contributed by atoms with van der Waals surface area (Å²) >= 11 is 0. The molecule has 2 aromatic heterocycles. The van der Waals surface area contributed by atoms with Crippen LogP contribution in [0.3, 0.4) is 0 Å². The van der Waals surface area contributed by atoms with Crippen LogP contribution in [0.5, 0.6) is 0 Å². The number of carbonyl (C=O) groups excluding carboxylic acids is 3. The van der Waals surface area contributed by atoms with Gasteiger partial charge in [0.2, 0.25) is 5.91 Å². The highest BCUT2D eigenvalue weighted by Crippen LogP contribution is 2.41. The van der Waals surface area contributed by atoms with Crippen LogP contribution in [-0.4, -0.2) is 80.6 Å². The van der Waals surface area contributed by atoms with E-state index in [0.717, 1.165) is 16.8 Å². The molecule has 1 N–H and O–H groups in total. The maximum absolute atomic E-state index is 14.3. The fraction of sp³-hybridized carbons (Fsp3) is 0.300. The highest BCUT2D eigenvalue weighted by atomic mass is 16.2. The highest BCUT2D eigenvalue weighted by Gasteiger charge is 2.57. The number of aromatic nitrogens is 3. The molecule has 1 unspecified atom stereocenters. The molecule has 40 heavy (non-hydrogen) atoms. The first kappa shape index (κ1) is 24.3. The van der Waals surface area contributed by atoms with E-state index in [1.807, 2.05) is 60.7 Å². The summed E-state index contributed by atoms with van der Waals surface area (Å²) in [5.41, 5.74) is 2.12. The van der Waals surface area contributed by atoms with Crippen LogP contribution < -0.4 is 9.80 Å². The van der Waals surface area contributed by atoms with E-state index in [2.05, 4.69) is 20.1 Å². The van der Waals surface area contributed by atoms with Crippen LogP contribution >= 0.6 is 0 Å². The number of hydrogen-bond donors (Lipinski definition) is 1. The standard InChI is InChI=1S/C30H29N7O3/c38-27(22-17-21-19-32-33-26(21)31-18-22)34-15-12-30(13-16-34)29(40)36(20-37(30)24-9-5-2-6-10-24)25-11-14-35(28(25)39)23-7-3-1-4-8-23/h1-10,17-19,25H,11-16,20H2,(H,31,32,33). The van der Waals surface area contributed by atoms with E-state index in [9.17, 15) is 14.4 Å². The summed E-state index contributed by atoms with van der Waals surface area (Å²) in [6.07, 6.45) is 4.76. The molecule has 0 aliphatic carbocycles. The molecule has 10 heteroatoms. The Labute approximate surface area is 231 Å². The number of aromatic amines is 1. The summed E-state index contributed by atoms with van der Waals surface area (Å²) in [6.45, 7) is 1.78. The first-order chi connectivity index (χ1) is 19.5. The number of carbonyl (C=O) groups is 3. The third kappa shape index (κ3) is 3.82. The van der Waals surface area contributed by atoms with Crippen molar-refractivity contribution in [3.8, 4) is 0 Å². The molecular formula is C30H29N7O3. The summed E-state index contributed by atoms with van der Waals surface area (Å²) in [5.74, 6) is -0.180. The summed E-state index contributed by atoms with van der Waals surface area (Å²) in [7, 11) is 0. The Morgan fingerprint density at radius 3 is 2.33 bits per heavy atom. The first-order valence-corrected chi connectivity index (χ1v) is 13.6. The quantitative estimate of drug-likeness (QED) is 0.431. The third-order valence-corrected chi connectivity index (χ3v) is 8.57. The van der Waals surface area contributed by atoms with Gasteiger partial charge in [0.1, 0.15) is 11.6 Å². The Hall–Kier alpha value is -4.73. The molecule has 4 aromatic rings. The fourth-order valence-electron chi connectivity index (χ4n) is 6.43. The molecule has 0 bridgehead atoms. The van der Waals surface area contributed by atoms with Crippen molar-refractivity contribution in [2.45, 2.75) is 30.8 Å². The lowest BCUT2D eigenvalue weighted by molar-refractivity contribution is -0.139. The average Bonchev–Trinajstić information content (AvgIpc) is 3.70. The molecule has 5 heterocycles. The van der Waals surface area contributed by atoms with Gasteiger partial charge in [0.05, 0.1) is 18.4 Å². The molecule has 202 valence electrons. The van der Waals surface area contributed by atoms with Crippen molar-refractivity contribution < 1.29 is 14.4 Å². The zero-order chi connectivity index (χ0) is 27.3. The van der Waals surface area contributed by atoms with Gasteiger partial charge in [-0.1, -0.05) is 36.4 Å². The largest absolute Gasteiger partial charge is 0.339 e. The lowest BCUT2D eigenvalue weighted by Crippen LogP contribution is -2.57. The maximum Gasteiger partial charge on any atom is 0.255 e. The van der Waals surface area contributed by atoms with Gasteiger partial charge in [0, 0.05) is 42.6 Å². The van der Waals surface area contributed by atoms with Crippen molar-refractivity contribution in [3.05, 3.63) is 84.7 Å². The molecule has 1 spiro atoms. The molecule has 3 aliphatic heterocycles. The number of fused-ring (bicyclic) bond motifs is 1. The number of piperidine rings is 1. The van der Waals surface area contributed by atoms with Crippen LogP contribution in [0, 0.1) is 0 Å². The van der Waals surface area contributed by atoms with Crippen molar-refractivity contribution in [2.75, 3.05) is 36.1 Å². The molecule has 2 aromatic carbocycles. The zero-order valence-corrected chi connectivity index (χ0v) is 21.9. The molecule has 10 nitrogen and oxygen atoms in total. The summed E-state index contributed by atoms with van der Waals surface area (Å²) in [5, 5.41) is 7.57. The van der Waals surface area contributed by atoms with Gasteiger partial charge in [0.25, 0.3) is 11.8 Å². The summed E-state index contributed by atoms with van der Waals surface area (Å²) < 4.78 is 0. The van der Waals surface area contributed by atoms with E-state index in [4.69, 9.17) is 0 Å². The molecular weight excluding hydrogens is 506 g/mol. The average molecular weight is 536 g/mol. The second kappa shape index (κ2) is 9.48. The number of nitrogens with one attached hydrogen (secondary N) is 1. The van der Waals surface area contributed by atoms with Crippen LogP contribution in [0.2, 0.25) is 0 Å². The molecule has 3 amide bonds. The molecule has 3 aliphatic rings. The smallest absolute Gasteiger partial charge is 0.255 e. The topological polar surface area (TPSA) is 106 Å². The number of pyridine rings is 1. The van der Waals surface area contributed by atoms with Gasteiger partial charge in [-0.2, -0.15) is 5.10 Å². The molecule has 0 radical (unpaired) electrons. The van der Waals surface area contributed by atoms with Crippen LogP contribution in [0.15, 0.2) is 79.1 Å². The van der Waals surface area contributed by atoms with Crippen molar-refractivity contribution in [3.63, 3.8) is 0 Å². The predicted octanol–water partition coefficient (Wildman–Crippen LogP) is 3.04. The van der Waals surface area contributed by atoms with Crippen LogP contribution in [-0.2, 0) is 9.59 Å². The number of H-pyrrole nitrogens is 1. The van der Waals surface area contributed by atoms with E-state index in [-0.39, 0.29) is 17.7 Å². The molecule has 7 rings (SSSR count). The monoisotopic (exact) mass is 535 g/mol. The molecule has 3 saturated heterocycles. The van der Waals surface area contributed by atoms with Gasteiger partial charge >= 0.3 is 0 Å². The van der Waals surface area contributed by atoms with Gasteiger partial charge in [0.15, 0.2) is 5.65 Å². The second-order valence-electron chi connectivity index (χ2n) is 10.7. The lowest BCUT2D eigenvalue weighted by Gasteiger charge is -2.43. The summed E-state index contributed by atoms with van der Waals surface area (Å²) in [4.78, 5) is 53.1. The van der Waals surface area contributed by atoms with Crippen molar-refractivity contribution >= 4 is 40.1 Å². The Bertz CT molecular complexity index is 1580. The second-order valence-corrected chi connectivity index (χ2v) is 10.7. The van der Waals surface area contributed by atoms with Gasteiger partial charge in [-0.05, 0) is 49.6 Å². The lowest BCUT2D eigenvalue weighted by atomic mass is 9.85. The van der Waals surface area contributed by atoms with Crippen molar-refractivity contribution in [1.82, 2.24) is 25.0 Å². The van der Waals surface area contributed by atoms with Gasteiger partial charge in [-0.25, -0.2) is 4.98 Å². The number of amides is 3. The SMILES string of the molecule is O=C(c1cnc2[nH]ncc2c1)N1CCC2(CC1)C(=O)N(C1CCN(c3ccccc3)C1=O)CN2c1ccccc1.